The van der Waals surface area contributed by atoms with Gasteiger partial charge >= 0.3 is 8.80 Å². The fraction of sp³-hybridized carbons (Fsp3) is 1.00. The second-order valence-electron chi connectivity index (χ2n) is 8.44. The van der Waals surface area contributed by atoms with E-state index >= 15 is 0 Å². The molecule has 1 fully saturated rings. The molecule has 8 heteroatoms. The van der Waals surface area contributed by atoms with Crippen LogP contribution in [0, 0.1) is 0 Å². The van der Waals surface area contributed by atoms with Crippen LogP contribution in [0.1, 0.15) is 20.8 Å². The third-order valence-corrected chi connectivity index (χ3v) is 15.0. The van der Waals surface area contributed by atoms with Crippen molar-refractivity contribution in [3.63, 3.8) is 0 Å². The van der Waals surface area contributed by atoms with Crippen molar-refractivity contribution >= 4 is 25.3 Å². The van der Waals surface area contributed by atoms with Gasteiger partial charge in [0, 0.05) is 6.61 Å². The molecule has 1 aliphatic heterocycles. The first-order valence-electron chi connectivity index (χ1n) is 8.75. The van der Waals surface area contributed by atoms with Gasteiger partial charge in [0.15, 0.2) is 0 Å². The second-order valence-corrected chi connectivity index (χ2v) is 21.1. The molecule has 0 aromatic carbocycles. The highest BCUT2D eigenvalue weighted by Crippen LogP contribution is 2.26. The van der Waals surface area contributed by atoms with E-state index in [4.69, 9.17) is 18.0 Å². The van der Waals surface area contributed by atoms with Gasteiger partial charge in [0.2, 0.25) is 0 Å². The van der Waals surface area contributed by atoms with Gasteiger partial charge in [-0.15, -0.1) is 0 Å². The van der Waals surface area contributed by atoms with E-state index in [1.807, 2.05) is 20.8 Å². The Morgan fingerprint density at radius 2 is 1.39 bits per heavy atom. The van der Waals surface area contributed by atoms with E-state index in [2.05, 4.69) is 43.5 Å². The Labute approximate surface area is 146 Å². The van der Waals surface area contributed by atoms with Crippen molar-refractivity contribution in [2.45, 2.75) is 72.3 Å². The average Bonchev–Trinajstić information content (AvgIpc) is 2.31. The lowest BCUT2D eigenvalue weighted by molar-refractivity contribution is -0.0728. The van der Waals surface area contributed by atoms with E-state index in [1.165, 1.54) is 0 Å². The SMILES string of the molecule is CCO[Si]1(CN([Si](C)(C)C)[Si](C)(C)C)OC(C)COCC(C)O1. The molecule has 0 aromatic rings. The number of ether oxygens (including phenoxy) is 1. The highest BCUT2D eigenvalue weighted by atomic mass is 28.4. The van der Waals surface area contributed by atoms with Crippen LogP contribution in [-0.2, 0) is 18.0 Å². The summed E-state index contributed by atoms with van der Waals surface area (Å²) in [6.07, 6.45) is 0.817. The van der Waals surface area contributed by atoms with Gasteiger partial charge in [0.05, 0.1) is 31.6 Å². The van der Waals surface area contributed by atoms with Gasteiger partial charge in [0.1, 0.15) is 16.5 Å². The number of nitrogens with zero attached hydrogens (tertiary/aromatic N) is 1. The molecule has 0 saturated carbocycles. The van der Waals surface area contributed by atoms with Gasteiger partial charge in [-0.3, -0.25) is 0 Å². The maximum Gasteiger partial charge on any atom is 0.515 e. The predicted molar refractivity (Wildman–Crippen MR) is 103 cm³/mol. The molecule has 0 radical (unpaired) electrons. The monoisotopic (exact) mass is 379 g/mol. The van der Waals surface area contributed by atoms with Crippen LogP contribution in [0.15, 0.2) is 0 Å². The molecule has 0 bridgehead atoms. The quantitative estimate of drug-likeness (QED) is 0.662. The maximum absolute atomic E-state index is 6.38. The summed E-state index contributed by atoms with van der Waals surface area (Å²) < 4.78 is 27.3. The van der Waals surface area contributed by atoms with Crippen LogP contribution in [-0.4, -0.2) is 67.7 Å². The lowest BCUT2D eigenvalue weighted by Crippen LogP contribution is -2.68. The summed E-state index contributed by atoms with van der Waals surface area (Å²) in [6.45, 7) is 22.4. The van der Waals surface area contributed by atoms with Gasteiger partial charge in [-0.1, -0.05) is 39.3 Å². The highest BCUT2D eigenvalue weighted by molar-refractivity contribution is 6.90. The molecule has 1 rings (SSSR count). The van der Waals surface area contributed by atoms with Crippen LogP contribution in [0.5, 0.6) is 0 Å². The highest BCUT2D eigenvalue weighted by Gasteiger charge is 2.50. The molecule has 23 heavy (non-hydrogen) atoms. The van der Waals surface area contributed by atoms with Crippen molar-refractivity contribution in [1.29, 1.82) is 0 Å². The summed E-state index contributed by atoms with van der Waals surface area (Å²) in [5.74, 6) is 0. The van der Waals surface area contributed by atoms with Crippen LogP contribution >= 0.6 is 0 Å². The van der Waals surface area contributed by atoms with E-state index < -0.39 is 25.3 Å². The van der Waals surface area contributed by atoms with Crippen LogP contribution in [0.3, 0.4) is 0 Å². The number of hydrogen-bond donors (Lipinski definition) is 0. The Morgan fingerprint density at radius 1 is 0.957 bits per heavy atom. The molecule has 0 N–H and O–H groups in total. The van der Waals surface area contributed by atoms with Crippen LogP contribution in [0.4, 0.5) is 0 Å². The minimum Gasteiger partial charge on any atom is -0.376 e. The lowest BCUT2D eigenvalue weighted by atomic mass is 10.4. The Balaban J connectivity index is 3.13. The first kappa shape index (κ1) is 21.5. The molecule has 1 aliphatic rings. The lowest BCUT2D eigenvalue weighted by Gasteiger charge is -2.48. The van der Waals surface area contributed by atoms with Crippen molar-refractivity contribution in [3.05, 3.63) is 0 Å². The van der Waals surface area contributed by atoms with Crippen LogP contribution < -0.4 is 0 Å². The Bertz CT molecular complexity index is 345. The van der Waals surface area contributed by atoms with Gasteiger partial charge in [-0.05, 0) is 20.8 Å². The molecule has 1 saturated heterocycles. The Morgan fingerprint density at radius 3 is 1.74 bits per heavy atom. The summed E-state index contributed by atoms with van der Waals surface area (Å²) >= 11 is 0. The van der Waals surface area contributed by atoms with Crippen molar-refractivity contribution in [2.75, 3.05) is 26.0 Å². The van der Waals surface area contributed by atoms with E-state index in [0.717, 1.165) is 6.17 Å². The third-order valence-electron chi connectivity index (χ3n) is 3.80. The van der Waals surface area contributed by atoms with E-state index in [0.29, 0.717) is 19.8 Å². The van der Waals surface area contributed by atoms with Crippen LogP contribution in [0.25, 0.3) is 0 Å². The van der Waals surface area contributed by atoms with Crippen molar-refractivity contribution in [2.24, 2.45) is 0 Å². The predicted octanol–water partition coefficient (Wildman–Crippen LogP) is 3.31. The number of hydrogen-bond acceptors (Lipinski definition) is 5. The Hall–Kier alpha value is 0.451. The summed E-state index contributed by atoms with van der Waals surface area (Å²) in [6, 6.07) is 0. The normalized spacial score (nSPS) is 31.0. The molecule has 0 aromatic heterocycles. The smallest absolute Gasteiger partial charge is 0.376 e. The molecule has 1 heterocycles. The molecular weight excluding hydrogens is 342 g/mol. The van der Waals surface area contributed by atoms with E-state index in [9.17, 15) is 0 Å². The molecule has 0 spiro atoms. The third kappa shape index (κ3) is 6.69. The van der Waals surface area contributed by atoms with Gasteiger partial charge in [-0.2, -0.15) is 0 Å². The van der Waals surface area contributed by atoms with Crippen LogP contribution in [0.2, 0.25) is 39.3 Å². The van der Waals surface area contributed by atoms with Crippen molar-refractivity contribution in [1.82, 2.24) is 4.23 Å². The van der Waals surface area contributed by atoms with Crippen molar-refractivity contribution in [3.8, 4) is 0 Å². The molecule has 2 atom stereocenters. The van der Waals surface area contributed by atoms with E-state index in [1.54, 1.807) is 0 Å². The first-order chi connectivity index (χ1) is 10.4. The van der Waals surface area contributed by atoms with Gasteiger partial charge in [-0.25, -0.2) is 0 Å². The minimum atomic E-state index is -2.76. The van der Waals surface area contributed by atoms with Gasteiger partial charge < -0.3 is 22.2 Å². The largest absolute Gasteiger partial charge is 0.515 e. The molecular formula is C15H37NO4Si3. The zero-order chi connectivity index (χ0) is 17.9. The number of rotatable bonds is 6. The fourth-order valence-electron chi connectivity index (χ4n) is 3.19. The maximum atomic E-state index is 6.38. The first-order valence-corrected chi connectivity index (χ1v) is 17.6. The summed E-state index contributed by atoms with van der Waals surface area (Å²) in [4.78, 5) is 0. The molecule has 5 nitrogen and oxygen atoms in total. The average molecular weight is 380 g/mol. The topological polar surface area (TPSA) is 40.2 Å². The zero-order valence-corrected chi connectivity index (χ0v) is 19.6. The minimum absolute atomic E-state index is 0.00540. The van der Waals surface area contributed by atoms with Crippen molar-refractivity contribution < 1.29 is 18.0 Å². The summed E-state index contributed by atoms with van der Waals surface area (Å²) in [7, 11) is -5.75. The van der Waals surface area contributed by atoms with E-state index in [-0.39, 0.29) is 12.2 Å². The summed E-state index contributed by atoms with van der Waals surface area (Å²) in [5.41, 5.74) is 0. The van der Waals surface area contributed by atoms with Gasteiger partial charge in [0.25, 0.3) is 0 Å². The second kappa shape index (κ2) is 8.22. The zero-order valence-electron chi connectivity index (χ0n) is 16.6. The molecule has 2 unspecified atom stereocenters. The fourth-order valence-corrected chi connectivity index (χ4v) is 18.8. The summed E-state index contributed by atoms with van der Waals surface area (Å²) in [5, 5.41) is 0. The molecule has 0 aliphatic carbocycles. The standard InChI is InChI=1S/C15H37NO4Si3/c1-10-18-23(13-16(21(4,5)6)22(7,8)9)19-14(2)11-17-12-15(3)20-23/h14-15H,10-13H2,1-9H3. The molecule has 138 valence electrons. The Kier molecular flexibility index (Phi) is 7.68. The molecule has 0 amide bonds.